The summed E-state index contributed by atoms with van der Waals surface area (Å²) >= 11 is 0. The van der Waals surface area contributed by atoms with Gasteiger partial charge in [-0.3, -0.25) is 0 Å². The molecule has 0 unspecified atom stereocenters. The normalized spacial score (nSPS) is 18.5. The van der Waals surface area contributed by atoms with Crippen LogP contribution in [0.2, 0.25) is 0 Å². The van der Waals surface area contributed by atoms with Crippen LogP contribution >= 0.6 is 0 Å². The van der Waals surface area contributed by atoms with E-state index in [-0.39, 0.29) is 0 Å². The van der Waals surface area contributed by atoms with E-state index in [2.05, 4.69) is 85.1 Å². The highest BCUT2D eigenvalue weighted by Gasteiger charge is 2.21. The van der Waals surface area contributed by atoms with E-state index < -0.39 is 0 Å². The van der Waals surface area contributed by atoms with Crippen LogP contribution in [0.15, 0.2) is 48.5 Å². The predicted molar refractivity (Wildman–Crippen MR) is 135 cm³/mol. The molecule has 1 aromatic heterocycles. The van der Waals surface area contributed by atoms with E-state index in [9.17, 15) is 0 Å². The maximum Gasteiger partial charge on any atom is 0.128 e. The van der Waals surface area contributed by atoms with E-state index in [4.69, 9.17) is 9.72 Å². The van der Waals surface area contributed by atoms with Crippen molar-refractivity contribution in [1.82, 2.24) is 10.3 Å². The average molecular weight is 433 g/mol. The third-order valence-electron chi connectivity index (χ3n) is 6.60. The van der Waals surface area contributed by atoms with Crippen molar-refractivity contribution in [3.8, 4) is 5.75 Å². The molecule has 5 nitrogen and oxygen atoms in total. The fourth-order valence-electron chi connectivity index (χ4n) is 4.79. The summed E-state index contributed by atoms with van der Waals surface area (Å²) < 4.78 is 5.36. The Hall–Kier alpha value is -2.79. The summed E-state index contributed by atoms with van der Waals surface area (Å²) in [6.07, 6.45) is 4.89. The molecule has 1 fully saturated rings. The van der Waals surface area contributed by atoms with Crippen LogP contribution in [-0.2, 0) is 6.54 Å². The number of aryl methyl sites for hydroxylation is 1. The first-order chi connectivity index (χ1) is 15.5. The second-order valence-electron chi connectivity index (χ2n) is 9.24. The Morgan fingerprint density at radius 3 is 2.53 bits per heavy atom. The molecule has 1 aliphatic rings. The summed E-state index contributed by atoms with van der Waals surface area (Å²) in [7, 11) is 5.91. The van der Waals surface area contributed by atoms with E-state index in [0.717, 1.165) is 36.1 Å². The van der Waals surface area contributed by atoms with Crippen molar-refractivity contribution in [2.24, 2.45) is 5.92 Å². The smallest absolute Gasteiger partial charge is 0.128 e. The molecule has 0 aliphatic heterocycles. The van der Waals surface area contributed by atoms with Gasteiger partial charge in [-0.15, -0.1) is 0 Å². The number of benzene rings is 2. The molecule has 0 saturated heterocycles. The Morgan fingerprint density at radius 2 is 1.81 bits per heavy atom. The maximum absolute atomic E-state index is 5.36. The van der Waals surface area contributed by atoms with Crippen molar-refractivity contribution in [3.05, 3.63) is 59.7 Å². The second-order valence-corrected chi connectivity index (χ2v) is 9.24. The highest BCUT2D eigenvalue weighted by Crippen LogP contribution is 2.30. The number of hydrogen-bond acceptors (Lipinski definition) is 5. The summed E-state index contributed by atoms with van der Waals surface area (Å²) in [6, 6.07) is 17.5. The maximum atomic E-state index is 5.36. The number of nitrogens with zero attached hydrogens (tertiary/aromatic N) is 2. The Morgan fingerprint density at radius 1 is 1.03 bits per heavy atom. The lowest BCUT2D eigenvalue weighted by Crippen LogP contribution is -2.31. The van der Waals surface area contributed by atoms with E-state index in [0.29, 0.717) is 6.04 Å². The van der Waals surface area contributed by atoms with Gasteiger partial charge in [0.1, 0.15) is 11.6 Å². The minimum Gasteiger partial charge on any atom is -0.496 e. The number of fused-ring (bicyclic) bond motifs is 1. The van der Waals surface area contributed by atoms with Gasteiger partial charge >= 0.3 is 0 Å². The standard InChI is InChI=1S/C27H36N4O/c1-19-15-21(11-14-26(19)32-4)18-28-17-20-9-12-22(13-10-20)29-27-16-25(31(2)3)23-7-5-6-8-24(23)30-27/h5-8,11,14-16,20,22,28H,9-10,12-13,17-18H2,1-4H3,(H,29,30). The number of nitrogens with one attached hydrogen (secondary N) is 2. The van der Waals surface area contributed by atoms with Gasteiger partial charge in [-0.1, -0.05) is 30.3 Å². The molecular formula is C27H36N4O. The van der Waals surface area contributed by atoms with Gasteiger partial charge < -0.3 is 20.3 Å². The summed E-state index contributed by atoms with van der Waals surface area (Å²) in [5.74, 6) is 2.69. The zero-order valence-corrected chi connectivity index (χ0v) is 19.8. The molecule has 0 atom stereocenters. The molecule has 2 N–H and O–H groups in total. The lowest BCUT2D eigenvalue weighted by Gasteiger charge is -2.30. The third kappa shape index (κ3) is 5.33. The van der Waals surface area contributed by atoms with Crippen LogP contribution in [-0.4, -0.2) is 38.8 Å². The molecule has 1 saturated carbocycles. The molecule has 3 aromatic rings. The lowest BCUT2D eigenvalue weighted by molar-refractivity contribution is 0.324. The molecule has 0 bridgehead atoms. The van der Waals surface area contributed by atoms with Crippen LogP contribution in [0.1, 0.15) is 36.8 Å². The first kappa shape index (κ1) is 22.4. The van der Waals surface area contributed by atoms with Gasteiger partial charge in [0.25, 0.3) is 0 Å². The molecular weight excluding hydrogens is 396 g/mol. The Kier molecular flexibility index (Phi) is 7.15. The van der Waals surface area contributed by atoms with Gasteiger partial charge in [0.2, 0.25) is 0 Å². The number of ether oxygens (including phenoxy) is 1. The second kappa shape index (κ2) is 10.2. The van der Waals surface area contributed by atoms with Crippen LogP contribution < -0.4 is 20.3 Å². The van der Waals surface area contributed by atoms with Crippen molar-refractivity contribution >= 4 is 22.4 Å². The van der Waals surface area contributed by atoms with Crippen LogP contribution in [0.5, 0.6) is 5.75 Å². The van der Waals surface area contributed by atoms with Gasteiger partial charge in [0.05, 0.1) is 12.6 Å². The summed E-state index contributed by atoms with van der Waals surface area (Å²) in [4.78, 5) is 7.04. The van der Waals surface area contributed by atoms with Gasteiger partial charge in [-0.2, -0.15) is 0 Å². The van der Waals surface area contributed by atoms with Crippen LogP contribution in [0, 0.1) is 12.8 Å². The van der Waals surface area contributed by atoms with Crippen molar-refractivity contribution in [2.45, 2.75) is 45.2 Å². The Bertz CT molecular complexity index is 1040. The number of para-hydroxylation sites is 1. The molecule has 4 rings (SSSR count). The highest BCUT2D eigenvalue weighted by molar-refractivity contribution is 5.93. The SMILES string of the molecule is COc1ccc(CNCC2CCC(Nc3cc(N(C)C)c4ccccc4n3)CC2)cc1C. The molecule has 32 heavy (non-hydrogen) atoms. The molecule has 5 heteroatoms. The number of anilines is 2. The first-order valence-electron chi connectivity index (χ1n) is 11.7. The molecule has 170 valence electrons. The molecule has 2 aromatic carbocycles. The van der Waals surface area contributed by atoms with Gasteiger partial charge in [-0.25, -0.2) is 4.98 Å². The van der Waals surface area contributed by atoms with Crippen molar-refractivity contribution in [2.75, 3.05) is 38.0 Å². The number of rotatable bonds is 8. The fraction of sp³-hybridized carbons (Fsp3) is 0.444. The highest BCUT2D eigenvalue weighted by atomic mass is 16.5. The van der Waals surface area contributed by atoms with Gasteiger partial charge in [0.15, 0.2) is 0 Å². The Labute approximate surface area is 192 Å². The molecule has 0 spiro atoms. The van der Waals surface area contributed by atoms with Crippen LogP contribution in [0.25, 0.3) is 10.9 Å². The molecule has 0 amide bonds. The van der Waals surface area contributed by atoms with E-state index in [1.54, 1.807) is 7.11 Å². The largest absolute Gasteiger partial charge is 0.496 e. The lowest BCUT2D eigenvalue weighted by atomic mass is 9.86. The predicted octanol–water partition coefficient (Wildman–Crippen LogP) is 5.38. The summed E-state index contributed by atoms with van der Waals surface area (Å²) in [5, 5.41) is 8.58. The van der Waals surface area contributed by atoms with Gasteiger partial charge in [-0.05, 0) is 68.3 Å². The number of hydrogen-bond donors (Lipinski definition) is 2. The quantitative estimate of drug-likeness (QED) is 0.501. The minimum atomic E-state index is 0.499. The first-order valence-corrected chi connectivity index (χ1v) is 11.7. The number of methoxy groups -OCH3 is 1. The number of aromatic nitrogens is 1. The number of pyridine rings is 1. The van der Waals surface area contributed by atoms with E-state index in [1.165, 1.54) is 47.9 Å². The molecule has 1 aliphatic carbocycles. The van der Waals surface area contributed by atoms with E-state index in [1.807, 2.05) is 0 Å². The monoisotopic (exact) mass is 432 g/mol. The van der Waals surface area contributed by atoms with Gasteiger partial charge in [0, 0.05) is 43.8 Å². The minimum absolute atomic E-state index is 0.499. The third-order valence-corrected chi connectivity index (χ3v) is 6.60. The zero-order chi connectivity index (χ0) is 22.5. The molecule has 1 heterocycles. The summed E-state index contributed by atoms with van der Waals surface area (Å²) in [6.45, 7) is 4.09. The van der Waals surface area contributed by atoms with Crippen LogP contribution in [0.4, 0.5) is 11.5 Å². The van der Waals surface area contributed by atoms with Crippen molar-refractivity contribution < 1.29 is 4.74 Å². The zero-order valence-electron chi connectivity index (χ0n) is 19.8. The molecule has 0 radical (unpaired) electrons. The van der Waals surface area contributed by atoms with E-state index >= 15 is 0 Å². The van der Waals surface area contributed by atoms with Crippen LogP contribution in [0.3, 0.4) is 0 Å². The van der Waals surface area contributed by atoms with Crippen molar-refractivity contribution in [3.63, 3.8) is 0 Å². The average Bonchev–Trinajstić information content (AvgIpc) is 2.80. The topological polar surface area (TPSA) is 49.4 Å². The fourth-order valence-corrected chi connectivity index (χ4v) is 4.79. The Balaban J connectivity index is 1.27. The van der Waals surface area contributed by atoms with Crippen molar-refractivity contribution in [1.29, 1.82) is 0 Å². The summed E-state index contributed by atoms with van der Waals surface area (Å²) in [5.41, 5.74) is 4.77.